The highest BCUT2D eigenvalue weighted by Gasteiger charge is 2.21. The fourth-order valence-electron chi connectivity index (χ4n) is 3.25. The van der Waals surface area contributed by atoms with Crippen LogP contribution in [0.1, 0.15) is 37.5 Å². The smallest absolute Gasteiger partial charge is 0.191 e. The van der Waals surface area contributed by atoms with Crippen molar-refractivity contribution in [2.45, 2.75) is 46.4 Å². The molecule has 2 aromatic rings. The Hall–Kier alpha value is -2.63. The number of rotatable bonds is 7. The lowest BCUT2D eigenvalue weighted by Crippen LogP contribution is -2.36. The second kappa shape index (κ2) is 8.84. The molecule has 2 N–H and O–H groups in total. The molecule has 3 rings (SSSR count). The van der Waals surface area contributed by atoms with Gasteiger partial charge in [-0.05, 0) is 44.5 Å². The number of aromatic nitrogens is 1. The largest absolute Gasteiger partial charge is 0.494 e. The average molecular weight is 370 g/mol. The summed E-state index contributed by atoms with van der Waals surface area (Å²) in [5.41, 5.74) is 3.49. The lowest BCUT2D eigenvalue weighted by Gasteiger charge is -2.15. The van der Waals surface area contributed by atoms with Crippen LogP contribution in [0.4, 0.5) is 0 Å². The van der Waals surface area contributed by atoms with Gasteiger partial charge in [0.15, 0.2) is 5.96 Å². The second-order valence-electron chi connectivity index (χ2n) is 6.87. The SMILES string of the molecule is CCNC(=NCc1ccn(C)c1)NCc1cc2c(cc1OCC)CC(C)O2. The maximum Gasteiger partial charge on any atom is 0.191 e. The van der Waals surface area contributed by atoms with Crippen LogP contribution in [0.5, 0.6) is 11.5 Å². The summed E-state index contributed by atoms with van der Waals surface area (Å²) in [7, 11) is 2.02. The predicted molar refractivity (Wildman–Crippen MR) is 108 cm³/mol. The molecule has 0 spiro atoms. The molecule has 1 aliphatic rings. The minimum atomic E-state index is 0.224. The zero-order chi connectivity index (χ0) is 19.2. The van der Waals surface area contributed by atoms with E-state index in [1.807, 2.05) is 24.7 Å². The predicted octanol–water partition coefficient (Wildman–Crippen LogP) is 3.00. The van der Waals surface area contributed by atoms with Gasteiger partial charge in [-0.25, -0.2) is 4.99 Å². The zero-order valence-corrected chi connectivity index (χ0v) is 16.7. The third kappa shape index (κ3) is 4.96. The van der Waals surface area contributed by atoms with E-state index >= 15 is 0 Å². The van der Waals surface area contributed by atoms with Gasteiger partial charge in [-0.1, -0.05) is 0 Å². The Kier molecular flexibility index (Phi) is 6.27. The highest BCUT2D eigenvalue weighted by atomic mass is 16.5. The molecule has 1 aromatic carbocycles. The van der Waals surface area contributed by atoms with E-state index in [4.69, 9.17) is 9.47 Å². The number of guanidine groups is 1. The van der Waals surface area contributed by atoms with Crippen molar-refractivity contribution in [3.63, 3.8) is 0 Å². The van der Waals surface area contributed by atoms with E-state index in [0.717, 1.165) is 36.0 Å². The van der Waals surface area contributed by atoms with Crippen LogP contribution in [0.15, 0.2) is 35.6 Å². The molecule has 0 saturated heterocycles. The van der Waals surface area contributed by atoms with Crippen LogP contribution < -0.4 is 20.1 Å². The summed E-state index contributed by atoms with van der Waals surface area (Å²) < 4.78 is 13.8. The van der Waals surface area contributed by atoms with Gasteiger partial charge in [-0.15, -0.1) is 0 Å². The third-order valence-electron chi connectivity index (χ3n) is 4.48. The number of aryl methyl sites for hydroxylation is 1. The van der Waals surface area contributed by atoms with E-state index in [0.29, 0.717) is 19.7 Å². The number of ether oxygens (including phenoxy) is 2. The molecule has 0 amide bonds. The molecule has 1 atom stereocenters. The Morgan fingerprint density at radius 3 is 2.89 bits per heavy atom. The molecule has 6 heteroatoms. The second-order valence-corrected chi connectivity index (χ2v) is 6.87. The fourth-order valence-corrected chi connectivity index (χ4v) is 3.25. The number of fused-ring (bicyclic) bond motifs is 1. The van der Waals surface area contributed by atoms with Crippen LogP contribution in [0, 0.1) is 0 Å². The van der Waals surface area contributed by atoms with E-state index < -0.39 is 0 Å². The number of nitrogens with zero attached hydrogens (tertiary/aromatic N) is 2. The van der Waals surface area contributed by atoms with Gasteiger partial charge in [0.05, 0.1) is 13.2 Å². The molecule has 6 nitrogen and oxygen atoms in total. The molecule has 27 heavy (non-hydrogen) atoms. The van der Waals surface area contributed by atoms with Gasteiger partial charge in [-0.2, -0.15) is 0 Å². The summed E-state index contributed by atoms with van der Waals surface area (Å²) in [6.07, 6.45) is 5.27. The number of nitrogens with one attached hydrogen (secondary N) is 2. The zero-order valence-electron chi connectivity index (χ0n) is 16.7. The molecule has 0 aliphatic carbocycles. The molecule has 1 aromatic heterocycles. The summed E-state index contributed by atoms with van der Waals surface area (Å²) in [4.78, 5) is 4.68. The first kappa shape index (κ1) is 19.1. The molecule has 1 aliphatic heterocycles. The first-order chi connectivity index (χ1) is 13.1. The number of hydrogen-bond donors (Lipinski definition) is 2. The molecule has 1 unspecified atom stereocenters. The van der Waals surface area contributed by atoms with Gasteiger partial charge in [0.2, 0.25) is 0 Å². The van der Waals surface area contributed by atoms with Gasteiger partial charge < -0.3 is 24.7 Å². The van der Waals surface area contributed by atoms with Crippen molar-refractivity contribution in [3.8, 4) is 11.5 Å². The van der Waals surface area contributed by atoms with Crippen molar-refractivity contribution >= 4 is 5.96 Å². The van der Waals surface area contributed by atoms with Crippen molar-refractivity contribution in [1.29, 1.82) is 0 Å². The van der Waals surface area contributed by atoms with Crippen LogP contribution in [-0.2, 0) is 26.6 Å². The van der Waals surface area contributed by atoms with Gasteiger partial charge in [0.25, 0.3) is 0 Å². The average Bonchev–Trinajstić information content (AvgIpc) is 3.21. The Bertz CT molecular complexity index is 797. The lowest BCUT2D eigenvalue weighted by molar-refractivity contribution is 0.254. The quantitative estimate of drug-likeness (QED) is 0.581. The van der Waals surface area contributed by atoms with Crippen molar-refractivity contribution in [2.75, 3.05) is 13.2 Å². The van der Waals surface area contributed by atoms with Crippen LogP contribution in [0.3, 0.4) is 0 Å². The van der Waals surface area contributed by atoms with Crippen molar-refractivity contribution in [1.82, 2.24) is 15.2 Å². The standard InChI is InChI=1S/C21H30N4O2/c1-5-22-21(23-12-16-7-8-25(4)14-16)24-13-18-11-20-17(9-15(3)27-20)10-19(18)26-6-2/h7-8,10-11,14-15H,5-6,9,12-13H2,1-4H3,(H2,22,23,24). The van der Waals surface area contributed by atoms with E-state index in [9.17, 15) is 0 Å². The minimum Gasteiger partial charge on any atom is -0.494 e. The van der Waals surface area contributed by atoms with E-state index in [1.165, 1.54) is 11.1 Å². The Labute approximate surface area is 161 Å². The van der Waals surface area contributed by atoms with Crippen molar-refractivity contribution < 1.29 is 9.47 Å². The number of benzene rings is 1. The molecule has 0 radical (unpaired) electrons. The highest BCUT2D eigenvalue weighted by Crippen LogP contribution is 2.35. The molecule has 2 heterocycles. The molecular weight excluding hydrogens is 340 g/mol. The Morgan fingerprint density at radius 2 is 2.19 bits per heavy atom. The first-order valence-corrected chi connectivity index (χ1v) is 9.67. The molecule has 0 bridgehead atoms. The van der Waals surface area contributed by atoms with Crippen LogP contribution >= 0.6 is 0 Å². The Balaban J connectivity index is 1.71. The van der Waals surface area contributed by atoms with Gasteiger partial charge in [0.1, 0.15) is 17.6 Å². The summed E-state index contributed by atoms with van der Waals surface area (Å²) in [5, 5.41) is 6.71. The summed E-state index contributed by atoms with van der Waals surface area (Å²) >= 11 is 0. The van der Waals surface area contributed by atoms with Crippen LogP contribution in [-0.4, -0.2) is 29.8 Å². The number of hydrogen-bond acceptors (Lipinski definition) is 3. The van der Waals surface area contributed by atoms with Crippen molar-refractivity contribution in [2.24, 2.45) is 12.0 Å². The van der Waals surface area contributed by atoms with E-state index in [-0.39, 0.29) is 6.10 Å². The highest BCUT2D eigenvalue weighted by molar-refractivity contribution is 5.79. The molecule has 0 fully saturated rings. The Morgan fingerprint density at radius 1 is 1.33 bits per heavy atom. The van der Waals surface area contributed by atoms with E-state index in [1.54, 1.807) is 0 Å². The summed E-state index contributed by atoms with van der Waals surface area (Å²) in [5.74, 6) is 2.67. The minimum absolute atomic E-state index is 0.224. The fraction of sp³-hybridized carbons (Fsp3) is 0.476. The third-order valence-corrected chi connectivity index (χ3v) is 4.48. The van der Waals surface area contributed by atoms with Gasteiger partial charge >= 0.3 is 0 Å². The number of aliphatic imine (C=N–C) groups is 1. The topological polar surface area (TPSA) is 59.8 Å². The van der Waals surface area contributed by atoms with Gasteiger partial charge in [0, 0.05) is 50.1 Å². The lowest BCUT2D eigenvalue weighted by atomic mass is 10.1. The normalized spacial score (nSPS) is 16.0. The monoisotopic (exact) mass is 370 g/mol. The molecule has 146 valence electrons. The molecular formula is C21H30N4O2. The van der Waals surface area contributed by atoms with E-state index in [2.05, 4.69) is 53.9 Å². The van der Waals surface area contributed by atoms with Crippen LogP contribution in [0.2, 0.25) is 0 Å². The maximum atomic E-state index is 5.91. The molecule has 0 saturated carbocycles. The van der Waals surface area contributed by atoms with Crippen molar-refractivity contribution in [3.05, 3.63) is 47.3 Å². The first-order valence-electron chi connectivity index (χ1n) is 9.67. The maximum absolute atomic E-state index is 5.91. The van der Waals surface area contributed by atoms with Crippen LogP contribution in [0.25, 0.3) is 0 Å². The summed E-state index contributed by atoms with van der Waals surface area (Å²) in [6, 6.07) is 6.30. The van der Waals surface area contributed by atoms with Gasteiger partial charge in [-0.3, -0.25) is 0 Å². The summed E-state index contributed by atoms with van der Waals surface area (Å²) in [6.45, 7) is 8.89.